The Bertz CT molecular complexity index is 468. The van der Waals surface area contributed by atoms with E-state index in [9.17, 15) is 17.6 Å². The summed E-state index contributed by atoms with van der Waals surface area (Å²) in [7, 11) is 0. The molecule has 0 unspecified atom stereocenters. The third kappa shape index (κ3) is 2.94. The fraction of sp³-hybridized carbons (Fsp3) is 0.455. The van der Waals surface area contributed by atoms with Crippen LogP contribution >= 0.6 is 0 Å². The first kappa shape index (κ1) is 13.6. The molecule has 3 N–H and O–H groups in total. The number of hydrogen-bond donors (Lipinski definition) is 2. The molecule has 2 rings (SSSR count). The Balaban J connectivity index is 2.13. The van der Waals surface area contributed by atoms with Crippen molar-refractivity contribution in [2.45, 2.75) is 12.3 Å². The third-order valence-electron chi connectivity index (χ3n) is 2.55. The molecule has 8 heteroatoms. The van der Waals surface area contributed by atoms with Crippen LogP contribution < -0.4 is 20.5 Å². The van der Waals surface area contributed by atoms with Gasteiger partial charge in [0.15, 0.2) is 11.5 Å². The smallest absolute Gasteiger partial charge is 0.324 e. The Hall–Kier alpha value is -1.86. The average molecular weight is 280 g/mol. The first-order valence-electron chi connectivity index (χ1n) is 5.49. The van der Waals surface area contributed by atoms with Crippen molar-refractivity contribution in [2.24, 2.45) is 0 Å². The van der Waals surface area contributed by atoms with E-state index in [4.69, 9.17) is 15.2 Å². The van der Waals surface area contributed by atoms with Crippen LogP contribution in [-0.4, -0.2) is 32.1 Å². The van der Waals surface area contributed by atoms with Crippen molar-refractivity contribution < 1.29 is 27.0 Å². The number of halogens is 4. The van der Waals surface area contributed by atoms with Gasteiger partial charge in [-0.15, -0.1) is 0 Å². The van der Waals surface area contributed by atoms with Gasteiger partial charge in [0.25, 0.3) is 0 Å². The monoisotopic (exact) mass is 280 g/mol. The number of alkyl halides is 4. The second kappa shape index (κ2) is 5.02. The minimum absolute atomic E-state index is 0.101. The number of nitrogens with two attached hydrogens (primary N) is 1. The van der Waals surface area contributed by atoms with Gasteiger partial charge in [0.2, 0.25) is 0 Å². The molecular formula is C11H12F4N2O2. The standard InChI is InChI=1S/C11H12F4N2O2/c12-10(13)11(14,15)5-17-7-4-9-8(3-6(7)16)18-1-2-19-9/h3-4,10,17H,1-2,5,16H2. The lowest BCUT2D eigenvalue weighted by atomic mass is 10.2. The van der Waals surface area contributed by atoms with Gasteiger partial charge in [-0.05, 0) is 0 Å². The maximum absolute atomic E-state index is 12.8. The van der Waals surface area contributed by atoms with Gasteiger partial charge in [-0.25, -0.2) is 8.78 Å². The van der Waals surface area contributed by atoms with E-state index in [0.29, 0.717) is 24.7 Å². The van der Waals surface area contributed by atoms with E-state index in [1.807, 2.05) is 0 Å². The second-order valence-electron chi connectivity index (χ2n) is 4.00. The van der Waals surface area contributed by atoms with Gasteiger partial charge in [0.1, 0.15) is 13.2 Å². The van der Waals surface area contributed by atoms with Crippen molar-refractivity contribution in [3.05, 3.63) is 12.1 Å². The van der Waals surface area contributed by atoms with E-state index >= 15 is 0 Å². The summed E-state index contributed by atoms with van der Waals surface area (Å²) in [5, 5.41) is 2.19. The highest BCUT2D eigenvalue weighted by atomic mass is 19.3. The van der Waals surface area contributed by atoms with Gasteiger partial charge in [0, 0.05) is 12.1 Å². The molecule has 0 aliphatic carbocycles. The highest BCUT2D eigenvalue weighted by Gasteiger charge is 2.40. The normalized spacial score (nSPS) is 14.6. The second-order valence-corrected chi connectivity index (χ2v) is 4.00. The summed E-state index contributed by atoms with van der Waals surface area (Å²) >= 11 is 0. The summed E-state index contributed by atoms with van der Waals surface area (Å²) in [6.07, 6.45) is -3.74. The number of ether oxygens (including phenoxy) is 2. The predicted molar refractivity (Wildman–Crippen MR) is 61.3 cm³/mol. The summed E-state index contributed by atoms with van der Waals surface area (Å²) in [6.45, 7) is -0.527. The lowest BCUT2D eigenvalue weighted by Gasteiger charge is -2.22. The summed E-state index contributed by atoms with van der Waals surface area (Å²) in [4.78, 5) is 0. The van der Waals surface area contributed by atoms with Gasteiger partial charge in [0.05, 0.1) is 17.9 Å². The van der Waals surface area contributed by atoms with Crippen LogP contribution in [0.5, 0.6) is 11.5 Å². The first-order chi connectivity index (χ1) is 8.90. The van der Waals surface area contributed by atoms with Crippen molar-refractivity contribution in [1.29, 1.82) is 0 Å². The van der Waals surface area contributed by atoms with Crippen molar-refractivity contribution in [3.63, 3.8) is 0 Å². The minimum atomic E-state index is -4.13. The van der Waals surface area contributed by atoms with Crippen LogP contribution in [0.4, 0.5) is 28.9 Å². The van der Waals surface area contributed by atoms with E-state index in [-0.39, 0.29) is 11.4 Å². The fourth-order valence-electron chi connectivity index (χ4n) is 1.55. The maximum atomic E-state index is 12.8. The molecule has 0 aromatic heterocycles. The van der Waals surface area contributed by atoms with Crippen molar-refractivity contribution >= 4 is 11.4 Å². The topological polar surface area (TPSA) is 56.5 Å². The number of hydrogen-bond acceptors (Lipinski definition) is 4. The number of fused-ring (bicyclic) bond motifs is 1. The SMILES string of the molecule is Nc1cc2c(cc1NCC(F)(F)C(F)F)OCCO2. The summed E-state index contributed by atoms with van der Waals surface area (Å²) in [5.41, 5.74) is 5.84. The third-order valence-corrected chi connectivity index (χ3v) is 2.55. The fourth-order valence-corrected chi connectivity index (χ4v) is 1.55. The molecule has 0 saturated heterocycles. The molecule has 0 bridgehead atoms. The molecule has 0 fully saturated rings. The summed E-state index contributed by atoms with van der Waals surface area (Å²) < 4.78 is 60.1. The average Bonchev–Trinajstić information content (AvgIpc) is 2.36. The Labute approximate surface area is 106 Å². The predicted octanol–water partition coefficient (Wildman–Crippen LogP) is 2.35. The van der Waals surface area contributed by atoms with Crippen LogP contribution in [0.2, 0.25) is 0 Å². The summed E-state index contributed by atoms with van der Waals surface area (Å²) in [6, 6.07) is 2.75. The molecule has 1 aromatic rings. The molecule has 0 amide bonds. The van der Waals surface area contributed by atoms with Gasteiger partial charge in [-0.2, -0.15) is 8.78 Å². The van der Waals surface area contributed by atoms with Gasteiger partial charge >= 0.3 is 12.3 Å². The Kier molecular flexibility index (Phi) is 3.59. The molecule has 106 valence electrons. The van der Waals surface area contributed by atoms with Crippen LogP contribution in [0.25, 0.3) is 0 Å². The minimum Gasteiger partial charge on any atom is -0.486 e. The molecule has 0 spiro atoms. The molecule has 0 saturated carbocycles. The largest absolute Gasteiger partial charge is 0.486 e. The molecule has 4 nitrogen and oxygen atoms in total. The van der Waals surface area contributed by atoms with Gasteiger partial charge in [-0.3, -0.25) is 0 Å². The highest BCUT2D eigenvalue weighted by molar-refractivity contribution is 5.72. The van der Waals surface area contributed by atoms with Gasteiger partial charge in [-0.1, -0.05) is 0 Å². The van der Waals surface area contributed by atoms with E-state index in [0.717, 1.165) is 0 Å². The highest BCUT2D eigenvalue weighted by Crippen LogP contribution is 2.37. The Morgan fingerprint density at radius 3 is 2.37 bits per heavy atom. The Morgan fingerprint density at radius 2 is 1.79 bits per heavy atom. The van der Waals surface area contributed by atoms with Crippen LogP contribution in [0, 0.1) is 0 Å². The zero-order valence-electron chi connectivity index (χ0n) is 9.76. The number of nitrogens with one attached hydrogen (secondary N) is 1. The molecule has 0 radical (unpaired) electrons. The number of nitrogen functional groups attached to an aromatic ring is 1. The number of benzene rings is 1. The summed E-state index contributed by atoms with van der Waals surface area (Å²) in [5.74, 6) is -3.39. The number of anilines is 2. The molecule has 1 aliphatic heterocycles. The van der Waals surface area contributed by atoms with Crippen molar-refractivity contribution in [1.82, 2.24) is 0 Å². The first-order valence-corrected chi connectivity index (χ1v) is 5.49. The molecule has 0 atom stereocenters. The molecule has 1 aliphatic rings. The van der Waals surface area contributed by atoms with Crippen LogP contribution in [0.3, 0.4) is 0 Å². The van der Waals surface area contributed by atoms with E-state index in [2.05, 4.69) is 5.32 Å². The lowest BCUT2D eigenvalue weighted by Crippen LogP contribution is -2.35. The lowest BCUT2D eigenvalue weighted by molar-refractivity contribution is -0.117. The van der Waals surface area contributed by atoms with Crippen LogP contribution in [0.1, 0.15) is 0 Å². The van der Waals surface area contributed by atoms with E-state index in [1.165, 1.54) is 12.1 Å². The zero-order valence-corrected chi connectivity index (χ0v) is 9.76. The van der Waals surface area contributed by atoms with E-state index in [1.54, 1.807) is 0 Å². The van der Waals surface area contributed by atoms with Gasteiger partial charge < -0.3 is 20.5 Å². The molecular weight excluding hydrogens is 268 g/mol. The van der Waals surface area contributed by atoms with E-state index < -0.39 is 18.9 Å². The number of rotatable bonds is 4. The maximum Gasteiger partial charge on any atom is 0.324 e. The van der Waals surface area contributed by atoms with Crippen molar-refractivity contribution in [2.75, 3.05) is 30.8 Å². The molecule has 1 aromatic carbocycles. The quantitative estimate of drug-likeness (QED) is 0.656. The zero-order chi connectivity index (χ0) is 14.0. The molecule has 1 heterocycles. The van der Waals surface area contributed by atoms with Crippen molar-refractivity contribution in [3.8, 4) is 11.5 Å². The molecule has 19 heavy (non-hydrogen) atoms. The Morgan fingerprint density at radius 1 is 1.21 bits per heavy atom. The van der Waals surface area contributed by atoms with Crippen LogP contribution in [0.15, 0.2) is 12.1 Å². The van der Waals surface area contributed by atoms with Crippen LogP contribution in [-0.2, 0) is 0 Å².